The molecule has 0 N–H and O–H groups in total. The molecule has 80 valence electrons. The van der Waals surface area contributed by atoms with Gasteiger partial charge in [0.1, 0.15) is 5.60 Å². The average molecular weight is 197 g/mol. The fourth-order valence-electron chi connectivity index (χ4n) is 1.48. The van der Waals surface area contributed by atoms with Gasteiger partial charge in [0.05, 0.1) is 6.54 Å². The molecule has 0 aromatic rings. The Balaban J connectivity index is 2.31. The quantitative estimate of drug-likeness (QED) is 0.497. The minimum Gasteiger partial charge on any atom is -0.459 e. The van der Waals surface area contributed by atoms with Crippen molar-refractivity contribution in [2.24, 2.45) is 0 Å². The molecule has 14 heavy (non-hydrogen) atoms. The van der Waals surface area contributed by atoms with E-state index in [0.29, 0.717) is 6.54 Å². The van der Waals surface area contributed by atoms with Crippen LogP contribution in [0.2, 0.25) is 0 Å². The van der Waals surface area contributed by atoms with Gasteiger partial charge in [0, 0.05) is 13.1 Å². The highest BCUT2D eigenvalue weighted by Crippen LogP contribution is 2.13. The van der Waals surface area contributed by atoms with Gasteiger partial charge in [-0.2, -0.15) is 0 Å². The molecular formula is C11H19NO2. The largest absolute Gasteiger partial charge is 0.459 e. The highest BCUT2D eigenvalue weighted by molar-refractivity contribution is 5.72. The molecule has 0 aromatic carbocycles. The molecule has 1 aliphatic rings. The van der Waals surface area contributed by atoms with Crippen molar-refractivity contribution >= 4 is 5.97 Å². The van der Waals surface area contributed by atoms with Gasteiger partial charge in [-0.25, -0.2) is 0 Å². The standard InChI is InChI=1S/C11H19NO2/c1-9-5-6-12(7-9)8-10(13)14-11(2,3)4/h1,5-8H2,2-4H3. The highest BCUT2D eigenvalue weighted by atomic mass is 16.6. The maximum atomic E-state index is 11.4. The van der Waals surface area contributed by atoms with E-state index >= 15 is 0 Å². The van der Waals surface area contributed by atoms with E-state index in [2.05, 4.69) is 11.5 Å². The summed E-state index contributed by atoms with van der Waals surface area (Å²) in [7, 11) is 0. The molecule has 0 spiro atoms. The van der Waals surface area contributed by atoms with Crippen molar-refractivity contribution in [1.29, 1.82) is 0 Å². The van der Waals surface area contributed by atoms with Crippen molar-refractivity contribution in [2.75, 3.05) is 19.6 Å². The third-order valence-corrected chi connectivity index (χ3v) is 2.00. The molecule has 0 aliphatic carbocycles. The third kappa shape index (κ3) is 3.92. The topological polar surface area (TPSA) is 29.5 Å². The van der Waals surface area contributed by atoms with Crippen LogP contribution in [0, 0.1) is 0 Å². The van der Waals surface area contributed by atoms with Gasteiger partial charge in [-0.3, -0.25) is 9.69 Å². The smallest absolute Gasteiger partial charge is 0.320 e. The van der Waals surface area contributed by atoms with E-state index < -0.39 is 0 Å². The number of rotatable bonds is 2. The molecule has 0 unspecified atom stereocenters. The van der Waals surface area contributed by atoms with Gasteiger partial charge in [0.25, 0.3) is 0 Å². The number of nitrogens with zero attached hydrogens (tertiary/aromatic N) is 1. The predicted molar refractivity (Wildman–Crippen MR) is 56.0 cm³/mol. The number of hydrogen-bond acceptors (Lipinski definition) is 3. The second-order valence-corrected chi connectivity index (χ2v) is 4.80. The van der Waals surface area contributed by atoms with Crippen molar-refractivity contribution in [2.45, 2.75) is 32.8 Å². The summed E-state index contributed by atoms with van der Waals surface area (Å²) < 4.78 is 5.22. The second kappa shape index (κ2) is 4.13. The molecule has 0 atom stereocenters. The molecule has 3 nitrogen and oxygen atoms in total. The van der Waals surface area contributed by atoms with Crippen molar-refractivity contribution < 1.29 is 9.53 Å². The summed E-state index contributed by atoms with van der Waals surface area (Å²) in [5.74, 6) is -0.146. The van der Waals surface area contributed by atoms with E-state index in [1.165, 1.54) is 5.57 Å². The molecule has 0 aromatic heterocycles. The fourth-order valence-corrected chi connectivity index (χ4v) is 1.48. The number of carbonyl (C=O) groups is 1. The van der Waals surface area contributed by atoms with E-state index in [4.69, 9.17) is 4.74 Å². The van der Waals surface area contributed by atoms with Crippen LogP contribution < -0.4 is 0 Å². The van der Waals surface area contributed by atoms with Crippen LogP contribution in [0.25, 0.3) is 0 Å². The normalized spacial score (nSPS) is 18.6. The number of hydrogen-bond donors (Lipinski definition) is 0. The monoisotopic (exact) mass is 197 g/mol. The molecule has 1 saturated heterocycles. The van der Waals surface area contributed by atoms with Crippen LogP contribution in [0.3, 0.4) is 0 Å². The van der Waals surface area contributed by atoms with E-state index in [9.17, 15) is 4.79 Å². The summed E-state index contributed by atoms with van der Waals surface area (Å²) in [6, 6.07) is 0. The lowest BCUT2D eigenvalue weighted by Gasteiger charge is -2.21. The summed E-state index contributed by atoms with van der Waals surface area (Å²) >= 11 is 0. The average Bonchev–Trinajstić information content (AvgIpc) is 2.30. The lowest BCUT2D eigenvalue weighted by molar-refractivity contribution is -0.155. The second-order valence-electron chi connectivity index (χ2n) is 4.80. The maximum absolute atomic E-state index is 11.4. The van der Waals surface area contributed by atoms with Crippen LogP contribution in [-0.2, 0) is 9.53 Å². The van der Waals surface area contributed by atoms with Crippen molar-refractivity contribution in [3.8, 4) is 0 Å². The SMILES string of the molecule is C=C1CCN(CC(=O)OC(C)(C)C)C1. The third-order valence-electron chi connectivity index (χ3n) is 2.00. The molecule has 0 saturated carbocycles. The first-order valence-corrected chi connectivity index (χ1v) is 4.98. The van der Waals surface area contributed by atoms with Crippen molar-refractivity contribution in [3.05, 3.63) is 12.2 Å². The molecule has 1 rings (SSSR count). The Kier molecular flexibility index (Phi) is 3.32. The van der Waals surface area contributed by atoms with E-state index in [-0.39, 0.29) is 11.6 Å². The fraction of sp³-hybridized carbons (Fsp3) is 0.727. The molecule has 0 amide bonds. The van der Waals surface area contributed by atoms with E-state index in [1.807, 2.05) is 20.8 Å². The van der Waals surface area contributed by atoms with Crippen LogP contribution in [0.15, 0.2) is 12.2 Å². The van der Waals surface area contributed by atoms with Gasteiger partial charge in [-0.15, -0.1) is 0 Å². The first kappa shape index (κ1) is 11.2. The van der Waals surface area contributed by atoms with Gasteiger partial charge in [-0.1, -0.05) is 12.2 Å². The summed E-state index contributed by atoms with van der Waals surface area (Å²) in [5.41, 5.74) is 0.821. The zero-order valence-corrected chi connectivity index (χ0v) is 9.30. The predicted octanol–water partition coefficient (Wildman–Crippen LogP) is 1.59. The Hall–Kier alpha value is -0.830. The van der Waals surface area contributed by atoms with Gasteiger partial charge in [0.2, 0.25) is 0 Å². The zero-order chi connectivity index (χ0) is 10.8. The lowest BCUT2D eigenvalue weighted by Crippen LogP contribution is -2.33. The Morgan fingerprint density at radius 3 is 2.64 bits per heavy atom. The Labute approximate surface area is 85.7 Å². The Morgan fingerprint density at radius 1 is 1.57 bits per heavy atom. The van der Waals surface area contributed by atoms with Crippen LogP contribution in [-0.4, -0.2) is 36.1 Å². The summed E-state index contributed by atoms with van der Waals surface area (Å²) in [4.78, 5) is 13.5. The van der Waals surface area contributed by atoms with Crippen LogP contribution in [0.1, 0.15) is 27.2 Å². The highest BCUT2D eigenvalue weighted by Gasteiger charge is 2.21. The molecule has 1 heterocycles. The molecule has 1 aliphatic heterocycles. The summed E-state index contributed by atoms with van der Waals surface area (Å²) in [6.45, 7) is 11.7. The Bertz CT molecular complexity index is 240. The molecule has 1 fully saturated rings. The van der Waals surface area contributed by atoms with E-state index in [0.717, 1.165) is 19.5 Å². The lowest BCUT2D eigenvalue weighted by atomic mass is 10.2. The number of carbonyl (C=O) groups excluding carboxylic acids is 1. The first-order valence-electron chi connectivity index (χ1n) is 4.98. The van der Waals surface area contributed by atoms with Crippen molar-refractivity contribution in [1.82, 2.24) is 4.90 Å². The number of esters is 1. The van der Waals surface area contributed by atoms with E-state index in [1.54, 1.807) is 0 Å². The number of likely N-dealkylation sites (tertiary alicyclic amines) is 1. The first-order chi connectivity index (χ1) is 6.37. The minimum atomic E-state index is -0.381. The minimum absolute atomic E-state index is 0.146. The van der Waals surface area contributed by atoms with Gasteiger partial charge in [-0.05, 0) is 27.2 Å². The molecular weight excluding hydrogens is 178 g/mol. The van der Waals surface area contributed by atoms with Crippen LogP contribution in [0.4, 0.5) is 0 Å². The summed E-state index contributed by atoms with van der Waals surface area (Å²) in [6.07, 6.45) is 1.00. The van der Waals surface area contributed by atoms with Crippen LogP contribution >= 0.6 is 0 Å². The van der Waals surface area contributed by atoms with Crippen LogP contribution in [0.5, 0.6) is 0 Å². The van der Waals surface area contributed by atoms with Crippen molar-refractivity contribution in [3.63, 3.8) is 0 Å². The molecule has 3 heteroatoms. The van der Waals surface area contributed by atoms with Gasteiger partial charge >= 0.3 is 5.97 Å². The number of ether oxygens (including phenoxy) is 1. The molecule has 0 radical (unpaired) electrons. The van der Waals surface area contributed by atoms with Gasteiger partial charge < -0.3 is 4.74 Å². The Morgan fingerprint density at radius 2 is 2.21 bits per heavy atom. The van der Waals surface area contributed by atoms with Gasteiger partial charge in [0.15, 0.2) is 0 Å². The summed E-state index contributed by atoms with van der Waals surface area (Å²) in [5, 5.41) is 0. The molecule has 0 bridgehead atoms. The maximum Gasteiger partial charge on any atom is 0.320 e. The zero-order valence-electron chi connectivity index (χ0n) is 9.30.